The zero-order valence-corrected chi connectivity index (χ0v) is 29.4. The van der Waals surface area contributed by atoms with Crippen molar-refractivity contribution in [2.75, 3.05) is 27.4 Å². The molecule has 8 rings (SSSR count). The van der Waals surface area contributed by atoms with Gasteiger partial charge in [-0.2, -0.15) is 0 Å². The maximum atomic E-state index is 14.2. The molecule has 8 aliphatic rings. The van der Waals surface area contributed by atoms with Crippen LogP contribution in [0.5, 0.6) is 0 Å². The van der Waals surface area contributed by atoms with E-state index < -0.39 is 130 Å². The molecule has 3 aliphatic carbocycles. The highest BCUT2D eigenvalue weighted by atomic mass is 16.7. The first-order valence-corrected chi connectivity index (χ1v) is 17.2. The van der Waals surface area contributed by atoms with Crippen molar-refractivity contribution in [1.82, 2.24) is 0 Å². The Morgan fingerprint density at radius 2 is 1.67 bits per heavy atom. The van der Waals surface area contributed by atoms with Crippen molar-refractivity contribution >= 4 is 23.9 Å². The molecule has 16 nitrogen and oxygen atoms in total. The van der Waals surface area contributed by atoms with Crippen LogP contribution in [0.15, 0.2) is 24.0 Å². The van der Waals surface area contributed by atoms with E-state index in [2.05, 4.69) is 0 Å². The minimum absolute atomic E-state index is 0.235. The fourth-order valence-electron chi connectivity index (χ4n) is 12.2. The Morgan fingerprint density at radius 3 is 2.31 bits per heavy atom. The summed E-state index contributed by atoms with van der Waals surface area (Å²) in [5.74, 6) is -9.76. The lowest BCUT2D eigenvalue weighted by Crippen LogP contribution is -2.79. The van der Waals surface area contributed by atoms with Gasteiger partial charge >= 0.3 is 23.9 Å². The Balaban J connectivity index is 1.40. The lowest BCUT2D eigenvalue weighted by molar-refractivity contribution is -0.314. The standard InChI is InChI=1S/C35H44O16/c1-8-15(2)24(38)49-18-12-19(48-16(3)36)32(26(39)43-6)13-46-21-22(32)31(18)14-47-34(42,27(40)44-7)25(31)29(4,23(21)37)35-20-11-17(30(35,5)51-35)33(41)9-10-45-28(33)50-20/h8-10,17-23,25,28,37,41-42H,11-14H2,1-7H3/b15-8+/t17-,18+,19-,20?,21?,22-,23-,25+,28+,29-,30+,31+,32+,33+,34+,35+/m1/s1. The number of hydrogen-bond acceptors (Lipinski definition) is 16. The van der Waals surface area contributed by atoms with E-state index in [1.807, 2.05) is 0 Å². The molecule has 0 aromatic heterocycles. The van der Waals surface area contributed by atoms with Gasteiger partial charge in [-0.15, -0.1) is 0 Å². The number of allylic oxidation sites excluding steroid dienone is 1. The molecule has 16 atom stereocenters. The second kappa shape index (κ2) is 10.5. The Bertz CT molecular complexity index is 1660. The molecule has 0 radical (unpaired) electrons. The monoisotopic (exact) mass is 720 g/mol. The van der Waals surface area contributed by atoms with Crippen LogP contribution in [-0.4, -0.2) is 126 Å². The molecule has 16 heteroatoms. The Labute approximate surface area is 293 Å². The van der Waals surface area contributed by atoms with Crippen LogP contribution in [0.4, 0.5) is 0 Å². The topological polar surface area (TPSA) is 215 Å². The molecular formula is C35H44O16. The van der Waals surface area contributed by atoms with Crippen molar-refractivity contribution < 1.29 is 77.1 Å². The number of fused-ring (bicyclic) bond motifs is 7. The van der Waals surface area contributed by atoms with Gasteiger partial charge < -0.3 is 58.0 Å². The van der Waals surface area contributed by atoms with Gasteiger partial charge in [-0.05, 0) is 33.3 Å². The maximum absolute atomic E-state index is 14.2. The van der Waals surface area contributed by atoms with Crippen LogP contribution in [0.1, 0.15) is 47.5 Å². The Kier molecular flexibility index (Phi) is 7.20. The number of aliphatic hydroxyl groups excluding tert-OH is 1. The summed E-state index contributed by atoms with van der Waals surface area (Å²) in [5.41, 5.74) is -9.47. The van der Waals surface area contributed by atoms with Gasteiger partial charge in [-0.25, -0.2) is 9.59 Å². The van der Waals surface area contributed by atoms with E-state index in [4.69, 9.17) is 42.6 Å². The number of aliphatic hydroxyl groups is 3. The number of epoxide rings is 1. The maximum Gasteiger partial charge on any atom is 0.366 e. The third-order valence-corrected chi connectivity index (χ3v) is 14.1. The molecule has 3 N–H and O–H groups in total. The van der Waals surface area contributed by atoms with Crippen LogP contribution in [0, 0.1) is 34.0 Å². The zero-order valence-electron chi connectivity index (χ0n) is 29.4. The molecule has 1 spiro atoms. The van der Waals surface area contributed by atoms with E-state index >= 15 is 0 Å². The van der Waals surface area contributed by atoms with Crippen LogP contribution in [0.2, 0.25) is 0 Å². The van der Waals surface area contributed by atoms with E-state index in [0.29, 0.717) is 0 Å². The van der Waals surface area contributed by atoms with Gasteiger partial charge in [-0.1, -0.05) is 13.0 Å². The van der Waals surface area contributed by atoms with Crippen molar-refractivity contribution in [3.8, 4) is 0 Å². The van der Waals surface area contributed by atoms with Crippen molar-refractivity contribution in [1.29, 1.82) is 0 Å². The van der Waals surface area contributed by atoms with E-state index in [-0.39, 0.29) is 18.4 Å². The van der Waals surface area contributed by atoms with Crippen LogP contribution in [-0.2, 0) is 61.8 Å². The molecule has 7 fully saturated rings. The number of hydrogen-bond donors (Lipinski definition) is 3. The molecule has 51 heavy (non-hydrogen) atoms. The van der Waals surface area contributed by atoms with Crippen molar-refractivity contribution in [2.45, 2.75) is 107 Å². The van der Waals surface area contributed by atoms with Crippen molar-refractivity contribution in [3.05, 3.63) is 24.0 Å². The number of rotatable bonds is 6. The summed E-state index contributed by atoms with van der Waals surface area (Å²) in [6, 6.07) is 0. The normalized spacial score (nSPS) is 53.9. The van der Waals surface area contributed by atoms with Gasteiger partial charge in [0.2, 0.25) is 6.29 Å². The third kappa shape index (κ3) is 3.65. The summed E-state index contributed by atoms with van der Waals surface area (Å²) in [7, 11) is 2.23. The third-order valence-electron chi connectivity index (χ3n) is 14.1. The van der Waals surface area contributed by atoms with E-state index in [9.17, 15) is 34.5 Å². The Morgan fingerprint density at radius 1 is 0.961 bits per heavy atom. The highest BCUT2D eigenvalue weighted by Crippen LogP contribution is 2.83. The number of esters is 4. The predicted molar refractivity (Wildman–Crippen MR) is 164 cm³/mol. The quantitative estimate of drug-likeness (QED) is 0.140. The largest absolute Gasteiger partial charge is 0.469 e. The molecule has 2 bridgehead atoms. The van der Waals surface area contributed by atoms with E-state index in [0.717, 1.165) is 14.2 Å². The van der Waals surface area contributed by atoms with Crippen molar-refractivity contribution in [3.63, 3.8) is 0 Å². The van der Waals surface area contributed by atoms with Crippen LogP contribution < -0.4 is 0 Å². The first kappa shape index (κ1) is 34.9. The van der Waals surface area contributed by atoms with E-state index in [1.54, 1.807) is 33.8 Å². The van der Waals surface area contributed by atoms with Gasteiger partial charge in [0.05, 0.1) is 52.0 Å². The fraction of sp³-hybridized carbons (Fsp3) is 0.771. The molecule has 280 valence electrons. The molecule has 0 amide bonds. The molecule has 4 saturated heterocycles. The molecule has 5 aliphatic heterocycles. The summed E-state index contributed by atoms with van der Waals surface area (Å²) < 4.78 is 54.0. The van der Waals surface area contributed by atoms with Crippen LogP contribution in [0.25, 0.3) is 0 Å². The lowest BCUT2D eigenvalue weighted by atomic mass is 9.37. The average molecular weight is 721 g/mol. The molecule has 0 aromatic carbocycles. The first-order chi connectivity index (χ1) is 23.9. The molecule has 0 aromatic rings. The smallest absolute Gasteiger partial charge is 0.366 e. The summed E-state index contributed by atoms with van der Waals surface area (Å²) in [5, 5.41) is 37.4. The van der Waals surface area contributed by atoms with Crippen LogP contribution in [0.3, 0.4) is 0 Å². The summed E-state index contributed by atoms with van der Waals surface area (Å²) in [6.45, 7) is 6.88. The summed E-state index contributed by atoms with van der Waals surface area (Å²) >= 11 is 0. The highest BCUT2D eigenvalue weighted by molar-refractivity contribution is 5.88. The average Bonchev–Trinajstić information content (AvgIpc) is 3.47. The van der Waals surface area contributed by atoms with Gasteiger partial charge in [0.25, 0.3) is 5.79 Å². The van der Waals surface area contributed by atoms with Gasteiger partial charge in [0, 0.05) is 47.5 Å². The number of carbonyl (C=O) groups excluding carboxylic acids is 4. The fourth-order valence-corrected chi connectivity index (χ4v) is 12.2. The number of ether oxygens (including phenoxy) is 9. The van der Waals surface area contributed by atoms with Gasteiger partial charge in [-0.3, -0.25) is 9.59 Å². The molecular weight excluding hydrogens is 676 g/mol. The molecule has 2 unspecified atom stereocenters. The van der Waals surface area contributed by atoms with E-state index in [1.165, 1.54) is 19.3 Å². The van der Waals surface area contributed by atoms with Crippen molar-refractivity contribution in [2.24, 2.45) is 34.0 Å². The minimum Gasteiger partial charge on any atom is -0.469 e. The van der Waals surface area contributed by atoms with Gasteiger partial charge in [0.15, 0.2) is 5.60 Å². The molecule has 3 saturated carbocycles. The van der Waals surface area contributed by atoms with Gasteiger partial charge in [0.1, 0.15) is 28.8 Å². The predicted octanol–water partition coefficient (Wildman–Crippen LogP) is -0.203. The number of carbonyl (C=O) groups is 4. The SMILES string of the molecule is C/C=C(\C)C(=O)O[C@H]1C[C@@H](OC(C)=O)[C@@]2(C(=O)OC)COC3[C@@H](O)[C@@](C)([C@]45O[C@@]4(C)[C@H]4CC5O[C@@H]5OC=C[C@@]54O)[C@H]4[C@]1(CO[C@]4(O)C(=O)OC)[C@@H]32. The van der Waals surface area contributed by atoms with Crippen LogP contribution >= 0.6 is 0 Å². The zero-order chi connectivity index (χ0) is 36.9. The number of methoxy groups -OCH3 is 2. The Hall–Kier alpha value is -3.12. The minimum atomic E-state index is -2.82. The summed E-state index contributed by atoms with van der Waals surface area (Å²) in [6.07, 6.45) is -3.11. The molecule has 5 heterocycles. The second-order valence-corrected chi connectivity index (χ2v) is 15.8. The summed E-state index contributed by atoms with van der Waals surface area (Å²) in [4.78, 5) is 54.4. The first-order valence-electron chi connectivity index (χ1n) is 17.2. The second-order valence-electron chi connectivity index (χ2n) is 15.8. The highest BCUT2D eigenvalue weighted by Gasteiger charge is 2.97. The lowest BCUT2D eigenvalue weighted by Gasteiger charge is -2.65.